The van der Waals surface area contributed by atoms with Crippen molar-refractivity contribution in [3.05, 3.63) is 29.8 Å². The predicted molar refractivity (Wildman–Crippen MR) is 102 cm³/mol. The molecule has 0 radical (unpaired) electrons. The molecule has 0 bridgehead atoms. The first-order chi connectivity index (χ1) is 12.3. The Morgan fingerprint density at radius 3 is 2.65 bits per heavy atom. The van der Waals surface area contributed by atoms with E-state index in [0.29, 0.717) is 19.0 Å². The Balaban J connectivity index is 1.69. The highest BCUT2D eigenvalue weighted by molar-refractivity contribution is 5.68. The lowest BCUT2D eigenvalue weighted by Gasteiger charge is -2.47. The molecule has 2 heterocycles. The van der Waals surface area contributed by atoms with Gasteiger partial charge in [-0.05, 0) is 64.1 Å². The molecule has 1 amide bonds. The van der Waals surface area contributed by atoms with Crippen LogP contribution in [0.5, 0.6) is 5.75 Å². The molecule has 3 rings (SSSR count). The maximum absolute atomic E-state index is 12.3. The lowest BCUT2D eigenvalue weighted by Crippen LogP contribution is -2.52. The summed E-state index contributed by atoms with van der Waals surface area (Å²) in [4.78, 5) is 14.2. The van der Waals surface area contributed by atoms with Crippen LogP contribution >= 0.6 is 0 Å². The number of carbonyl (C=O) groups is 1. The number of benzene rings is 1. The van der Waals surface area contributed by atoms with E-state index >= 15 is 0 Å². The van der Waals surface area contributed by atoms with Crippen molar-refractivity contribution in [3.8, 4) is 5.75 Å². The third-order valence-corrected chi connectivity index (χ3v) is 5.39. The summed E-state index contributed by atoms with van der Waals surface area (Å²) in [6.07, 6.45) is 4.60. The second-order valence-corrected chi connectivity index (χ2v) is 8.62. The molecule has 1 spiro atoms. The molecule has 5 heteroatoms. The fourth-order valence-corrected chi connectivity index (χ4v) is 4.10. The highest BCUT2D eigenvalue weighted by atomic mass is 16.6. The first kappa shape index (κ1) is 19.0. The summed E-state index contributed by atoms with van der Waals surface area (Å²) < 4.78 is 12.0. The topological polar surface area (TPSA) is 64.8 Å². The van der Waals surface area contributed by atoms with Gasteiger partial charge in [-0.2, -0.15) is 0 Å². The van der Waals surface area contributed by atoms with Crippen LogP contribution in [0.4, 0.5) is 4.79 Å². The number of nitrogens with two attached hydrogens (primary N) is 1. The highest BCUT2D eigenvalue weighted by Gasteiger charge is 2.44. The number of piperidine rings is 1. The van der Waals surface area contributed by atoms with Crippen LogP contribution in [-0.4, -0.2) is 41.8 Å². The molecule has 1 atom stereocenters. The van der Waals surface area contributed by atoms with Crippen molar-refractivity contribution in [1.29, 1.82) is 0 Å². The van der Waals surface area contributed by atoms with Gasteiger partial charge in [-0.1, -0.05) is 18.2 Å². The Morgan fingerprint density at radius 2 is 2.00 bits per heavy atom. The number of rotatable bonds is 3. The number of hydrogen-bond donors (Lipinski definition) is 1. The molecule has 144 valence electrons. The standard InChI is InChI=1S/C21H32N2O3/c1-20(2,3)26-19(24)23-13-10-21(11-14-23)15-16(7-6-12-22)17-8-4-5-9-18(17)25-21/h4-5,8-9,16H,6-7,10-15,22H2,1-3H3. The van der Waals surface area contributed by atoms with Crippen molar-refractivity contribution >= 4 is 6.09 Å². The molecule has 2 N–H and O–H groups in total. The number of hydrogen-bond acceptors (Lipinski definition) is 4. The van der Waals surface area contributed by atoms with Gasteiger partial charge in [0, 0.05) is 25.9 Å². The molecular formula is C21H32N2O3. The van der Waals surface area contributed by atoms with Gasteiger partial charge in [0.25, 0.3) is 0 Å². The molecule has 1 aromatic rings. The Bertz CT molecular complexity index is 630. The SMILES string of the molecule is CC(C)(C)OC(=O)N1CCC2(CC1)CC(CCCN)c1ccccc1O2. The van der Waals surface area contributed by atoms with E-state index in [2.05, 4.69) is 18.2 Å². The van der Waals surface area contributed by atoms with Crippen molar-refractivity contribution in [1.82, 2.24) is 4.90 Å². The van der Waals surface area contributed by atoms with E-state index in [1.165, 1.54) is 5.56 Å². The molecule has 1 fully saturated rings. The number of likely N-dealkylation sites (tertiary alicyclic amines) is 1. The number of nitrogens with zero attached hydrogens (tertiary/aromatic N) is 1. The molecule has 5 nitrogen and oxygen atoms in total. The van der Waals surface area contributed by atoms with Crippen LogP contribution in [-0.2, 0) is 4.74 Å². The summed E-state index contributed by atoms with van der Waals surface area (Å²) in [5, 5.41) is 0. The van der Waals surface area contributed by atoms with Crippen molar-refractivity contribution in [3.63, 3.8) is 0 Å². The molecule has 0 saturated carbocycles. The van der Waals surface area contributed by atoms with Gasteiger partial charge in [0.15, 0.2) is 0 Å². The zero-order chi connectivity index (χ0) is 18.8. The summed E-state index contributed by atoms with van der Waals surface area (Å²) in [6.45, 7) is 7.79. The number of amides is 1. The van der Waals surface area contributed by atoms with Crippen molar-refractivity contribution in [2.45, 2.75) is 70.0 Å². The summed E-state index contributed by atoms with van der Waals surface area (Å²) >= 11 is 0. The third kappa shape index (κ3) is 4.32. The summed E-state index contributed by atoms with van der Waals surface area (Å²) in [5.74, 6) is 1.49. The van der Waals surface area contributed by atoms with Gasteiger partial charge in [-0.25, -0.2) is 4.79 Å². The first-order valence-electron chi connectivity index (χ1n) is 9.78. The number of carbonyl (C=O) groups excluding carboxylic acids is 1. The van der Waals surface area contributed by atoms with Gasteiger partial charge >= 0.3 is 6.09 Å². The Hall–Kier alpha value is -1.75. The van der Waals surface area contributed by atoms with Gasteiger partial charge in [0.2, 0.25) is 0 Å². The zero-order valence-electron chi connectivity index (χ0n) is 16.3. The van der Waals surface area contributed by atoms with E-state index in [0.717, 1.165) is 44.4 Å². The zero-order valence-corrected chi connectivity index (χ0v) is 16.3. The fourth-order valence-electron chi connectivity index (χ4n) is 4.10. The molecule has 1 unspecified atom stereocenters. The number of para-hydroxylation sites is 1. The average molecular weight is 360 g/mol. The minimum absolute atomic E-state index is 0.174. The maximum atomic E-state index is 12.3. The second kappa shape index (κ2) is 7.47. The van der Waals surface area contributed by atoms with Crippen molar-refractivity contribution < 1.29 is 14.3 Å². The van der Waals surface area contributed by atoms with Crippen molar-refractivity contribution in [2.24, 2.45) is 5.73 Å². The van der Waals surface area contributed by atoms with Gasteiger partial charge in [0.05, 0.1) is 0 Å². The summed E-state index contributed by atoms with van der Waals surface area (Å²) in [6, 6.07) is 8.37. The summed E-state index contributed by atoms with van der Waals surface area (Å²) in [5.41, 5.74) is 6.42. The van der Waals surface area contributed by atoms with Crippen LogP contribution in [0, 0.1) is 0 Å². The molecular weight excluding hydrogens is 328 g/mol. The Morgan fingerprint density at radius 1 is 1.31 bits per heavy atom. The van der Waals surface area contributed by atoms with E-state index in [9.17, 15) is 4.79 Å². The van der Waals surface area contributed by atoms with Gasteiger partial charge in [-0.15, -0.1) is 0 Å². The largest absolute Gasteiger partial charge is 0.487 e. The van der Waals surface area contributed by atoms with Crippen molar-refractivity contribution in [2.75, 3.05) is 19.6 Å². The van der Waals surface area contributed by atoms with Crippen LogP contribution in [0.2, 0.25) is 0 Å². The van der Waals surface area contributed by atoms with Crippen LogP contribution in [0.25, 0.3) is 0 Å². The average Bonchev–Trinajstić information content (AvgIpc) is 2.58. The summed E-state index contributed by atoms with van der Waals surface area (Å²) in [7, 11) is 0. The van der Waals surface area contributed by atoms with E-state index in [4.69, 9.17) is 15.2 Å². The molecule has 2 aliphatic rings. The van der Waals surface area contributed by atoms with E-state index < -0.39 is 5.60 Å². The van der Waals surface area contributed by atoms with Crippen LogP contribution in [0.1, 0.15) is 64.4 Å². The highest BCUT2D eigenvalue weighted by Crippen LogP contribution is 2.46. The molecule has 0 aromatic heterocycles. The van der Waals surface area contributed by atoms with Crippen LogP contribution in [0.3, 0.4) is 0 Å². The van der Waals surface area contributed by atoms with Crippen LogP contribution < -0.4 is 10.5 Å². The Kier molecular flexibility index (Phi) is 5.47. The van der Waals surface area contributed by atoms with Gasteiger partial charge in [-0.3, -0.25) is 0 Å². The van der Waals surface area contributed by atoms with Gasteiger partial charge in [0.1, 0.15) is 17.0 Å². The predicted octanol–water partition coefficient (Wildman–Crippen LogP) is 4.06. The maximum Gasteiger partial charge on any atom is 0.410 e. The normalized spacial score (nSPS) is 21.8. The molecule has 1 saturated heterocycles. The van der Waals surface area contributed by atoms with E-state index in [1.54, 1.807) is 0 Å². The second-order valence-electron chi connectivity index (χ2n) is 8.62. The van der Waals surface area contributed by atoms with E-state index in [1.807, 2.05) is 31.7 Å². The monoisotopic (exact) mass is 360 g/mol. The minimum Gasteiger partial charge on any atom is -0.487 e. The fraction of sp³-hybridized carbons (Fsp3) is 0.667. The number of fused-ring (bicyclic) bond motifs is 1. The molecule has 2 aliphatic heterocycles. The third-order valence-electron chi connectivity index (χ3n) is 5.39. The number of ether oxygens (including phenoxy) is 2. The van der Waals surface area contributed by atoms with E-state index in [-0.39, 0.29) is 11.7 Å². The first-order valence-corrected chi connectivity index (χ1v) is 9.78. The van der Waals surface area contributed by atoms with Gasteiger partial charge < -0.3 is 20.1 Å². The smallest absolute Gasteiger partial charge is 0.410 e. The minimum atomic E-state index is -0.459. The lowest BCUT2D eigenvalue weighted by atomic mass is 9.76. The molecule has 0 aliphatic carbocycles. The quantitative estimate of drug-likeness (QED) is 0.883. The Labute approximate surface area is 156 Å². The lowest BCUT2D eigenvalue weighted by molar-refractivity contribution is -0.0330. The van der Waals surface area contributed by atoms with Crippen LogP contribution in [0.15, 0.2) is 24.3 Å². The molecule has 26 heavy (non-hydrogen) atoms. The molecule has 1 aromatic carbocycles.